The largest absolute Gasteiger partial charge is 0.417 e. The molecule has 3 aromatic rings. The third kappa shape index (κ3) is 7.02. The maximum atomic E-state index is 7.60. The number of benzene rings is 2. The summed E-state index contributed by atoms with van der Waals surface area (Å²) in [5.41, 5.74) is 2.20. The van der Waals surface area contributed by atoms with Crippen LogP contribution in [-0.4, -0.2) is 34.3 Å². The van der Waals surface area contributed by atoms with Gasteiger partial charge in [0.2, 0.25) is 0 Å². The molecule has 38 heavy (non-hydrogen) atoms. The molecule has 0 spiro atoms. The monoisotopic (exact) mass is 565 g/mol. The molecule has 0 radical (unpaired) electrons. The second kappa shape index (κ2) is 12.1. The van der Waals surface area contributed by atoms with E-state index >= 15 is 0 Å². The van der Waals surface area contributed by atoms with E-state index < -0.39 is 16.6 Å². The highest BCUT2D eigenvalue weighted by molar-refractivity contribution is 7.09. The van der Waals surface area contributed by atoms with E-state index in [0.717, 1.165) is 17.1 Å². The van der Waals surface area contributed by atoms with E-state index in [-0.39, 0.29) is 16.2 Å². The zero-order valence-electron chi connectivity index (χ0n) is 25.1. The van der Waals surface area contributed by atoms with E-state index in [4.69, 9.17) is 13.8 Å². The minimum Gasteiger partial charge on any atom is -0.417 e. The lowest BCUT2D eigenvalue weighted by Gasteiger charge is -2.45. The van der Waals surface area contributed by atoms with Crippen LogP contribution in [0.15, 0.2) is 71.6 Å². The van der Waals surface area contributed by atoms with Crippen LogP contribution < -0.4 is 10.4 Å². The molecule has 0 amide bonds. The van der Waals surface area contributed by atoms with Crippen molar-refractivity contribution in [3.63, 3.8) is 0 Å². The Balaban J connectivity index is 2.10. The number of rotatable bonds is 10. The van der Waals surface area contributed by atoms with Gasteiger partial charge in [-0.25, -0.2) is 4.98 Å². The van der Waals surface area contributed by atoms with Gasteiger partial charge in [-0.05, 0) is 65.5 Å². The van der Waals surface area contributed by atoms with Crippen molar-refractivity contribution < 1.29 is 8.85 Å². The van der Waals surface area contributed by atoms with Gasteiger partial charge in [0, 0.05) is 12.0 Å². The van der Waals surface area contributed by atoms with Gasteiger partial charge < -0.3 is 8.85 Å². The van der Waals surface area contributed by atoms with Gasteiger partial charge in [0.25, 0.3) is 8.32 Å². The van der Waals surface area contributed by atoms with Gasteiger partial charge in [0.1, 0.15) is 0 Å². The molecule has 206 valence electrons. The SMILES string of the molecule is C/C(=C\c1csc(C)n1)[C@H](CCO[Si](C)(C)C(C)(C)C)O[Si](c1ccccc1)(c1ccccc1)C(C)(C)C. The first-order chi connectivity index (χ1) is 17.7. The molecule has 1 atom stereocenters. The van der Waals surface area contributed by atoms with Crippen molar-refractivity contribution in [2.45, 2.75) is 91.1 Å². The average molecular weight is 566 g/mol. The summed E-state index contributed by atoms with van der Waals surface area (Å²) in [7, 11) is -4.60. The summed E-state index contributed by atoms with van der Waals surface area (Å²) in [6.07, 6.45) is 2.92. The summed E-state index contributed by atoms with van der Waals surface area (Å²) in [6, 6.07) is 21.8. The summed E-state index contributed by atoms with van der Waals surface area (Å²) in [6.45, 7) is 23.5. The minimum atomic E-state index is -2.72. The first-order valence-corrected chi connectivity index (χ1v) is 19.4. The third-order valence-corrected chi connectivity index (χ3v) is 18.3. The van der Waals surface area contributed by atoms with Crippen LogP contribution in [0.25, 0.3) is 6.08 Å². The van der Waals surface area contributed by atoms with Crippen LogP contribution in [0.4, 0.5) is 0 Å². The molecule has 0 bridgehead atoms. The van der Waals surface area contributed by atoms with Gasteiger partial charge in [-0.1, -0.05) is 102 Å². The van der Waals surface area contributed by atoms with E-state index in [2.05, 4.69) is 141 Å². The van der Waals surface area contributed by atoms with E-state index in [1.165, 1.54) is 15.9 Å². The number of thiazole rings is 1. The van der Waals surface area contributed by atoms with Gasteiger partial charge in [0.15, 0.2) is 8.32 Å². The van der Waals surface area contributed by atoms with Crippen molar-refractivity contribution in [2.24, 2.45) is 0 Å². The molecule has 0 saturated heterocycles. The molecule has 6 heteroatoms. The van der Waals surface area contributed by atoms with E-state index in [0.29, 0.717) is 6.61 Å². The van der Waals surface area contributed by atoms with Crippen molar-refractivity contribution in [3.8, 4) is 0 Å². The van der Waals surface area contributed by atoms with E-state index in [9.17, 15) is 0 Å². The Morgan fingerprint density at radius 3 is 1.84 bits per heavy atom. The second-order valence-corrected chi connectivity index (χ2v) is 23.0. The number of nitrogens with zero attached hydrogens (tertiary/aromatic N) is 1. The van der Waals surface area contributed by atoms with Crippen LogP contribution in [0.2, 0.25) is 23.2 Å². The van der Waals surface area contributed by atoms with Crippen LogP contribution in [0.1, 0.15) is 65.6 Å². The minimum absolute atomic E-state index is 0.0897. The number of aromatic nitrogens is 1. The molecule has 2 aromatic carbocycles. The average Bonchev–Trinajstić information content (AvgIpc) is 3.25. The van der Waals surface area contributed by atoms with E-state index in [1.54, 1.807) is 11.3 Å². The third-order valence-electron chi connectivity index (χ3n) is 7.91. The Kier molecular flexibility index (Phi) is 9.80. The fraction of sp³-hybridized carbons (Fsp3) is 0.469. The molecular formula is C32H47NO2SSi2. The van der Waals surface area contributed by atoms with Gasteiger partial charge in [0.05, 0.1) is 16.8 Å². The topological polar surface area (TPSA) is 31.4 Å². The molecule has 0 aliphatic rings. The fourth-order valence-corrected chi connectivity index (χ4v) is 11.1. The lowest BCUT2D eigenvalue weighted by atomic mass is 10.1. The normalized spacial score (nSPS) is 14.5. The molecule has 0 fully saturated rings. The van der Waals surface area contributed by atoms with Crippen LogP contribution in [0, 0.1) is 6.92 Å². The van der Waals surface area contributed by atoms with Gasteiger partial charge >= 0.3 is 0 Å². The molecule has 0 saturated carbocycles. The maximum absolute atomic E-state index is 7.60. The predicted molar refractivity (Wildman–Crippen MR) is 171 cm³/mol. The smallest absolute Gasteiger partial charge is 0.261 e. The molecule has 3 nitrogen and oxygen atoms in total. The Bertz CT molecular complexity index is 1150. The fourth-order valence-electron chi connectivity index (χ4n) is 4.69. The second-order valence-electron chi connectivity index (χ2n) is 12.8. The van der Waals surface area contributed by atoms with Crippen LogP contribution in [-0.2, 0) is 8.85 Å². The summed E-state index contributed by atoms with van der Waals surface area (Å²) in [4.78, 5) is 4.72. The molecule has 3 rings (SSSR count). The summed E-state index contributed by atoms with van der Waals surface area (Å²) < 4.78 is 14.3. The van der Waals surface area contributed by atoms with Crippen LogP contribution in [0.5, 0.6) is 0 Å². The number of aryl methyl sites for hydroxylation is 1. The standard InChI is InChI=1S/C32H47NO2SSi2/c1-25(23-27-24-36-26(2)33-27)30(21-22-34-37(9,10)31(3,4)5)35-38(32(6,7)8,28-17-13-11-14-18-28)29-19-15-12-16-20-29/h11-20,23-24,30H,21-22H2,1-10H3/b25-23+/t30-/m0/s1. The molecular weight excluding hydrogens is 519 g/mol. The molecule has 0 aliphatic carbocycles. The highest BCUT2D eigenvalue weighted by atomic mass is 32.1. The molecule has 1 heterocycles. The Hall–Kier alpha value is -1.84. The Morgan fingerprint density at radius 1 is 0.895 bits per heavy atom. The van der Waals surface area contributed by atoms with Gasteiger partial charge in [-0.2, -0.15) is 0 Å². The zero-order chi connectivity index (χ0) is 28.2. The number of hydrogen-bond acceptors (Lipinski definition) is 4. The lowest BCUT2D eigenvalue weighted by Crippen LogP contribution is -2.67. The molecule has 0 unspecified atom stereocenters. The first kappa shape index (κ1) is 30.7. The summed E-state index contributed by atoms with van der Waals surface area (Å²) in [5.74, 6) is 0. The van der Waals surface area contributed by atoms with Gasteiger partial charge in [-0.15, -0.1) is 11.3 Å². The molecule has 1 aromatic heterocycles. The highest BCUT2D eigenvalue weighted by Gasteiger charge is 2.51. The van der Waals surface area contributed by atoms with E-state index in [1.807, 2.05) is 0 Å². The summed E-state index contributed by atoms with van der Waals surface area (Å²) in [5, 5.41) is 5.88. The molecule has 0 N–H and O–H groups in total. The predicted octanol–water partition coefficient (Wildman–Crippen LogP) is 8.21. The quantitative estimate of drug-likeness (QED) is 0.232. The Labute approximate surface area is 237 Å². The zero-order valence-corrected chi connectivity index (χ0v) is 27.9. The lowest BCUT2D eigenvalue weighted by molar-refractivity contribution is 0.173. The van der Waals surface area contributed by atoms with Crippen molar-refractivity contribution >= 4 is 44.4 Å². The highest BCUT2D eigenvalue weighted by Crippen LogP contribution is 2.40. The van der Waals surface area contributed by atoms with Crippen molar-refractivity contribution in [1.82, 2.24) is 4.98 Å². The Morgan fingerprint density at radius 2 is 1.42 bits per heavy atom. The van der Waals surface area contributed by atoms with Crippen molar-refractivity contribution in [1.29, 1.82) is 0 Å². The van der Waals surface area contributed by atoms with Crippen LogP contribution >= 0.6 is 11.3 Å². The summed E-state index contributed by atoms with van der Waals surface area (Å²) >= 11 is 1.69. The van der Waals surface area contributed by atoms with Crippen molar-refractivity contribution in [3.05, 3.63) is 82.3 Å². The molecule has 0 aliphatic heterocycles. The number of hydrogen-bond donors (Lipinski definition) is 0. The van der Waals surface area contributed by atoms with Gasteiger partial charge in [-0.3, -0.25) is 0 Å². The first-order valence-electron chi connectivity index (χ1n) is 13.7. The van der Waals surface area contributed by atoms with Crippen molar-refractivity contribution in [2.75, 3.05) is 6.61 Å². The maximum Gasteiger partial charge on any atom is 0.261 e. The van der Waals surface area contributed by atoms with Crippen LogP contribution in [0.3, 0.4) is 0 Å².